The Kier molecular flexibility index (Phi) is 8.01. The monoisotopic (exact) mass is 535 g/mol. The fourth-order valence-electron chi connectivity index (χ4n) is 4.45. The van der Waals surface area contributed by atoms with Gasteiger partial charge < -0.3 is 14.8 Å². The molecular weight excluding hydrogens is 502 g/mol. The van der Waals surface area contributed by atoms with E-state index in [9.17, 15) is 13.2 Å². The topological polar surface area (TPSA) is 133 Å². The highest BCUT2D eigenvalue weighted by molar-refractivity contribution is 7.91. The van der Waals surface area contributed by atoms with Gasteiger partial charge in [-0.3, -0.25) is 9.52 Å². The maximum Gasteiger partial charge on any atom is 0.267 e. The third-order valence-corrected chi connectivity index (χ3v) is 7.72. The second-order valence-corrected chi connectivity index (χ2v) is 11.0. The van der Waals surface area contributed by atoms with Crippen LogP contribution in [0.3, 0.4) is 0 Å². The van der Waals surface area contributed by atoms with E-state index in [2.05, 4.69) is 21.8 Å². The Hall–Kier alpha value is -3.92. The first-order chi connectivity index (χ1) is 18.1. The highest BCUT2D eigenvalue weighted by Gasteiger charge is 2.21. The number of sulfonamides is 1. The number of nitrogens with zero attached hydrogens (tertiary/aromatic N) is 3. The minimum atomic E-state index is -3.74. The molecule has 4 aromatic rings. The van der Waals surface area contributed by atoms with E-state index in [4.69, 9.17) is 10.3 Å². The highest BCUT2D eigenvalue weighted by atomic mass is 32.2. The van der Waals surface area contributed by atoms with E-state index in [1.54, 1.807) is 19.9 Å². The lowest BCUT2D eigenvalue weighted by Crippen LogP contribution is -2.20. The lowest BCUT2D eigenvalue weighted by atomic mass is 9.99. The van der Waals surface area contributed by atoms with Gasteiger partial charge in [0.1, 0.15) is 11.5 Å². The summed E-state index contributed by atoms with van der Waals surface area (Å²) in [6.07, 6.45) is 2.29. The number of carbonyl (C=O) groups excluding carboxylic acids is 1. The van der Waals surface area contributed by atoms with Gasteiger partial charge in [0.15, 0.2) is 0 Å². The molecule has 0 aliphatic carbocycles. The number of aromatic nitrogens is 3. The molecule has 0 atom stereocenters. The lowest BCUT2D eigenvalue weighted by molar-refractivity contribution is 0.0990. The standard InChI is InChI=1S/C28H33N5O4S/c1-5-9-25-30-24(6-2)26(27(29)34)33(25)16-20-12-14-21(15-13-20)23-11-8-7-10-22(23)17-38(35,36)32-28-18(3)19(4)31-37-28/h7-8,10-15,32H,5-6,9,16-17H2,1-4H3,(H2,29,34). The van der Waals surface area contributed by atoms with Crippen LogP contribution < -0.4 is 10.5 Å². The van der Waals surface area contributed by atoms with Crippen molar-refractivity contribution in [3.05, 3.63) is 88.1 Å². The average molecular weight is 536 g/mol. The van der Waals surface area contributed by atoms with E-state index in [1.165, 1.54) is 0 Å². The molecule has 0 bridgehead atoms. The number of nitrogens with two attached hydrogens (primary N) is 1. The molecule has 9 nitrogen and oxygen atoms in total. The number of hydrogen-bond donors (Lipinski definition) is 2. The van der Waals surface area contributed by atoms with Crippen LogP contribution in [0.5, 0.6) is 0 Å². The molecule has 3 N–H and O–H groups in total. The molecule has 200 valence electrons. The molecule has 2 aromatic heterocycles. The van der Waals surface area contributed by atoms with Crippen LogP contribution in [0.2, 0.25) is 0 Å². The molecule has 0 unspecified atom stereocenters. The summed E-state index contributed by atoms with van der Waals surface area (Å²) in [5.41, 5.74) is 11.5. The van der Waals surface area contributed by atoms with Crippen LogP contribution in [0.1, 0.15) is 64.7 Å². The first-order valence-electron chi connectivity index (χ1n) is 12.6. The fraction of sp³-hybridized carbons (Fsp3) is 0.321. The van der Waals surface area contributed by atoms with Gasteiger partial charge in [-0.1, -0.05) is 67.5 Å². The molecule has 0 radical (unpaired) electrons. The molecule has 0 fully saturated rings. The van der Waals surface area contributed by atoms with Gasteiger partial charge in [-0.15, -0.1) is 0 Å². The predicted molar refractivity (Wildman–Crippen MR) is 147 cm³/mol. The van der Waals surface area contributed by atoms with Crippen LogP contribution in [0.4, 0.5) is 5.88 Å². The number of benzene rings is 2. The van der Waals surface area contributed by atoms with Crippen molar-refractivity contribution in [1.82, 2.24) is 14.7 Å². The Labute approximate surface area is 223 Å². The molecule has 0 aliphatic heterocycles. The quantitative estimate of drug-likeness (QED) is 0.284. The number of hydrogen-bond acceptors (Lipinski definition) is 6. The Bertz CT molecular complexity index is 1550. The van der Waals surface area contributed by atoms with Gasteiger partial charge in [-0.2, -0.15) is 0 Å². The smallest absolute Gasteiger partial charge is 0.267 e. The van der Waals surface area contributed by atoms with Crippen molar-refractivity contribution in [1.29, 1.82) is 0 Å². The zero-order valence-corrected chi connectivity index (χ0v) is 22.9. The van der Waals surface area contributed by atoms with E-state index in [0.717, 1.165) is 41.1 Å². The predicted octanol–water partition coefficient (Wildman–Crippen LogP) is 4.76. The molecule has 0 aliphatic rings. The van der Waals surface area contributed by atoms with Crippen molar-refractivity contribution < 1.29 is 17.7 Å². The van der Waals surface area contributed by atoms with E-state index in [0.29, 0.717) is 35.5 Å². The van der Waals surface area contributed by atoms with Crippen molar-refractivity contribution in [2.24, 2.45) is 5.73 Å². The number of nitrogens with one attached hydrogen (secondary N) is 1. The maximum atomic E-state index is 12.9. The van der Waals surface area contributed by atoms with E-state index >= 15 is 0 Å². The molecule has 0 saturated carbocycles. The van der Waals surface area contributed by atoms with Crippen molar-refractivity contribution in [3.63, 3.8) is 0 Å². The fourth-order valence-corrected chi connectivity index (χ4v) is 5.66. The number of imidazole rings is 1. The largest absolute Gasteiger partial charge is 0.364 e. The first-order valence-corrected chi connectivity index (χ1v) is 14.3. The normalized spacial score (nSPS) is 11.6. The zero-order valence-electron chi connectivity index (χ0n) is 22.1. The summed E-state index contributed by atoms with van der Waals surface area (Å²) >= 11 is 0. The molecular formula is C28H33N5O4S. The minimum Gasteiger partial charge on any atom is -0.364 e. The van der Waals surface area contributed by atoms with E-state index in [1.807, 2.05) is 54.0 Å². The zero-order chi connectivity index (χ0) is 27.4. The Balaban J connectivity index is 1.59. The summed E-state index contributed by atoms with van der Waals surface area (Å²) < 4.78 is 35.4. The maximum absolute atomic E-state index is 12.9. The molecule has 38 heavy (non-hydrogen) atoms. The van der Waals surface area contributed by atoms with Gasteiger partial charge >= 0.3 is 0 Å². The Morgan fingerprint density at radius 2 is 1.79 bits per heavy atom. The van der Waals surface area contributed by atoms with Crippen LogP contribution in [0.25, 0.3) is 11.1 Å². The van der Waals surface area contributed by atoms with Gasteiger partial charge in [0.05, 0.1) is 17.1 Å². The van der Waals surface area contributed by atoms with Gasteiger partial charge in [-0.05, 0) is 48.9 Å². The number of anilines is 1. The number of aryl methyl sites for hydroxylation is 3. The molecule has 0 spiro atoms. The molecule has 10 heteroatoms. The Morgan fingerprint density at radius 3 is 2.39 bits per heavy atom. The Morgan fingerprint density at radius 1 is 1.08 bits per heavy atom. The van der Waals surface area contributed by atoms with Gasteiger partial charge in [0, 0.05) is 18.5 Å². The molecule has 2 heterocycles. The van der Waals surface area contributed by atoms with Crippen molar-refractivity contribution in [2.45, 2.75) is 59.3 Å². The van der Waals surface area contributed by atoms with Crippen molar-refractivity contribution in [2.75, 3.05) is 4.72 Å². The second-order valence-electron chi connectivity index (χ2n) is 9.31. The third-order valence-electron chi connectivity index (χ3n) is 6.53. The van der Waals surface area contributed by atoms with Gasteiger partial charge in [0.2, 0.25) is 15.9 Å². The molecule has 4 rings (SSSR count). The molecule has 2 aromatic carbocycles. The third kappa shape index (κ3) is 5.80. The molecule has 0 saturated heterocycles. The van der Waals surface area contributed by atoms with Gasteiger partial charge in [-0.25, -0.2) is 13.4 Å². The van der Waals surface area contributed by atoms with Gasteiger partial charge in [0.25, 0.3) is 5.91 Å². The van der Waals surface area contributed by atoms with Crippen molar-refractivity contribution >= 4 is 21.8 Å². The summed E-state index contributed by atoms with van der Waals surface area (Å²) in [6.45, 7) is 8.01. The van der Waals surface area contributed by atoms with Crippen LogP contribution in [0, 0.1) is 13.8 Å². The van der Waals surface area contributed by atoms with Crippen LogP contribution >= 0.6 is 0 Å². The average Bonchev–Trinajstić information content (AvgIpc) is 3.39. The summed E-state index contributed by atoms with van der Waals surface area (Å²) in [6, 6.07) is 15.3. The highest BCUT2D eigenvalue weighted by Crippen LogP contribution is 2.28. The van der Waals surface area contributed by atoms with E-state index < -0.39 is 15.9 Å². The summed E-state index contributed by atoms with van der Waals surface area (Å²) in [5.74, 6) is 0.282. The number of rotatable bonds is 11. The lowest BCUT2D eigenvalue weighted by Gasteiger charge is -2.13. The number of primary amides is 1. The van der Waals surface area contributed by atoms with Crippen LogP contribution in [-0.4, -0.2) is 29.0 Å². The summed E-state index contributed by atoms with van der Waals surface area (Å²) in [4.78, 5) is 16.9. The summed E-state index contributed by atoms with van der Waals surface area (Å²) in [5, 5.41) is 3.81. The SMILES string of the molecule is CCCc1nc(CC)c(C(N)=O)n1Cc1ccc(-c2ccccc2CS(=O)(=O)Nc2onc(C)c2C)cc1. The molecule has 1 amide bonds. The first kappa shape index (κ1) is 27.1. The number of carbonyl (C=O) groups is 1. The number of amides is 1. The van der Waals surface area contributed by atoms with Crippen molar-refractivity contribution in [3.8, 4) is 11.1 Å². The van der Waals surface area contributed by atoms with Crippen LogP contribution in [-0.2, 0) is 35.2 Å². The van der Waals surface area contributed by atoms with Crippen LogP contribution in [0.15, 0.2) is 53.1 Å². The summed E-state index contributed by atoms with van der Waals surface area (Å²) in [7, 11) is -3.74. The second kappa shape index (κ2) is 11.2. The minimum absolute atomic E-state index is 0.132. The van der Waals surface area contributed by atoms with E-state index in [-0.39, 0.29) is 11.6 Å².